The standard InChI is InChI=1S/C8H9BrN2O3S/c9-8-7(15(10,12)13)6(3-4-11-8)14-5-1-2-5/h3-5H,1-2H2,(H2,10,12,13). The first-order chi connectivity index (χ1) is 6.98. The highest BCUT2D eigenvalue weighted by atomic mass is 79.9. The van der Waals surface area contributed by atoms with E-state index in [2.05, 4.69) is 20.9 Å². The Morgan fingerprint density at radius 2 is 2.20 bits per heavy atom. The second kappa shape index (κ2) is 3.73. The van der Waals surface area contributed by atoms with E-state index < -0.39 is 10.0 Å². The van der Waals surface area contributed by atoms with Crippen molar-refractivity contribution in [1.82, 2.24) is 4.98 Å². The molecule has 0 atom stereocenters. The average molecular weight is 293 g/mol. The van der Waals surface area contributed by atoms with Crippen molar-refractivity contribution in [3.8, 4) is 5.75 Å². The first-order valence-electron chi connectivity index (χ1n) is 4.32. The van der Waals surface area contributed by atoms with Crippen LogP contribution in [-0.2, 0) is 10.0 Å². The minimum atomic E-state index is -3.82. The van der Waals surface area contributed by atoms with Gasteiger partial charge in [0.25, 0.3) is 0 Å². The quantitative estimate of drug-likeness (QED) is 0.844. The minimum Gasteiger partial charge on any atom is -0.489 e. The Morgan fingerprint density at radius 1 is 1.53 bits per heavy atom. The van der Waals surface area contributed by atoms with E-state index in [1.165, 1.54) is 12.3 Å². The van der Waals surface area contributed by atoms with Gasteiger partial charge in [0.15, 0.2) is 4.90 Å². The number of sulfonamides is 1. The predicted molar refractivity (Wildman–Crippen MR) is 57.0 cm³/mol. The van der Waals surface area contributed by atoms with Crippen molar-refractivity contribution in [2.45, 2.75) is 23.8 Å². The molecule has 0 spiro atoms. The number of rotatable bonds is 3. The van der Waals surface area contributed by atoms with Gasteiger partial charge in [-0.15, -0.1) is 0 Å². The molecule has 1 aromatic heterocycles. The molecule has 2 N–H and O–H groups in total. The van der Waals surface area contributed by atoms with Crippen molar-refractivity contribution in [3.63, 3.8) is 0 Å². The molecule has 15 heavy (non-hydrogen) atoms. The van der Waals surface area contributed by atoms with Crippen LogP contribution < -0.4 is 9.88 Å². The zero-order valence-corrected chi connectivity index (χ0v) is 10.1. The summed E-state index contributed by atoms with van der Waals surface area (Å²) in [6.45, 7) is 0. The Kier molecular flexibility index (Phi) is 2.70. The van der Waals surface area contributed by atoms with Crippen LogP contribution in [0.4, 0.5) is 0 Å². The molecule has 1 fully saturated rings. The minimum absolute atomic E-state index is 0.0862. The van der Waals surface area contributed by atoms with E-state index in [0.717, 1.165) is 12.8 Å². The van der Waals surface area contributed by atoms with Crippen LogP contribution in [0.1, 0.15) is 12.8 Å². The molecule has 5 nitrogen and oxygen atoms in total. The van der Waals surface area contributed by atoms with Crippen LogP contribution >= 0.6 is 15.9 Å². The largest absolute Gasteiger partial charge is 0.489 e. The molecule has 1 saturated carbocycles. The molecular weight excluding hydrogens is 284 g/mol. The molecule has 7 heteroatoms. The first-order valence-corrected chi connectivity index (χ1v) is 6.66. The Bertz CT molecular complexity index is 485. The second-order valence-electron chi connectivity index (χ2n) is 3.29. The van der Waals surface area contributed by atoms with Gasteiger partial charge in [0.2, 0.25) is 10.0 Å². The highest BCUT2D eigenvalue weighted by Crippen LogP contribution is 2.33. The lowest BCUT2D eigenvalue weighted by Gasteiger charge is -2.09. The third-order valence-electron chi connectivity index (χ3n) is 1.93. The average Bonchev–Trinajstić information content (AvgIpc) is 2.85. The molecule has 0 radical (unpaired) electrons. The fraction of sp³-hybridized carbons (Fsp3) is 0.375. The number of halogens is 1. The third-order valence-corrected chi connectivity index (χ3v) is 3.75. The van der Waals surface area contributed by atoms with Crippen LogP contribution in [0.25, 0.3) is 0 Å². The third kappa shape index (κ3) is 2.47. The SMILES string of the molecule is NS(=O)(=O)c1c(OC2CC2)ccnc1Br. The Hall–Kier alpha value is -0.660. The van der Waals surface area contributed by atoms with E-state index in [-0.39, 0.29) is 21.4 Å². The summed E-state index contributed by atoms with van der Waals surface area (Å²) in [4.78, 5) is 3.73. The second-order valence-corrected chi connectivity index (χ2v) is 5.54. The van der Waals surface area contributed by atoms with Gasteiger partial charge in [-0.2, -0.15) is 0 Å². The maximum atomic E-state index is 11.3. The maximum absolute atomic E-state index is 11.3. The van der Waals surface area contributed by atoms with Gasteiger partial charge >= 0.3 is 0 Å². The molecule has 82 valence electrons. The van der Waals surface area contributed by atoms with Crippen LogP contribution in [0, 0.1) is 0 Å². The molecule has 0 amide bonds. The van der Waals surface area contributed by atoms with Gasteiger partial charge in [-0.3, -0.25) is 0 Å². The number of primary sulfonamides is 1. The molecular formula is C8H9BrN2O3S. The zero-order chi connectivity index (χ0) is 11.1. The van der Waals surface area contributed by atoms with E-state index in [4.69, 9.17) is 9.88 Å². The number of hydrogen-bond donors (Lipinski definition) is 1. The smallest absolute Gasteiger partial charge is 0.244 e. The van der Waals surface area contributed by atoms with Crippen LogP contribution in [0.2, 0.25) is 0 Å². The summed E-state index contributed by atoms with van der Waals surface area (Å²) in [5.41, 5.74) is 0. The van der Waals surface area contributed by atoms with E-state index in [1.54, 1.807) is 0 Å². The van der Waals surface area contributed by atoms with Crippen LogP contribution in [-0.4, -0.2) is 19.5 Å². The van der Waals surface area contributed by atoms with E-state index in [0.29, 0.717) is 0 Å². The summed E-state index contributed by atoms with van der Waals surface area (Å²) in [6.07, 6.45) is 3.48. The highest BCUT2D eigenvalue weighted by Gasteiger charge is 2.28. The Labute approximate surface area is 95.8 Å². The first kappa shape index (κ1) is 10.8. The predicted octanol–water partition coefficient (Wildman–Crippen LogP) is 1.03. The monoisotopic (exact) mass is 292 g/mol. The van der Waals surface area contributed by atoms with Crippen LogP contribution in [0.3, 0.4) is 0 Å². The summed E-state index contributed by atoms with van der Waals surface area (Å²) in [7, 11) is -3.82. The van der Waals surface area contributed by atoms with Crippen molar-refractivity contribution in [2.75, 3.05) is 0 Å². The van der Waals surface area contributed by atoms with Gasteiger partial charge in [-0.25, -0.2) is 18.5 Å². The zero-order valence-electron chi connectivity index (χ0n) is 7.68. The van der Waals surface area contributed by atoms with E-state index >= 15 is 0 Å². The summed E-state index contributed by atoms with van der Waals surface area (Å²) in [6, 6.07) is 1.50. The number of pyridine rings is 1. The number of aromatic nitrogens is 1. The number of hydrogen-bond acceptors (Lipinski definition) is 4. The number of nitrogens with two attached hydrogens (primary N) is 1. The molecule has 0 unspecified atom stereocenters. The lowest BCUT2D eigenvalue weighted by atomic mass is 10.4. The van der Waals surface area contributed by atoms with Gasteiger partial charge in [0.05, 0.1) is 6.10 Å². The molecule has 0 aliphatic heterocycles. The molecule has 1 aromatic rings. The van der Waals surface area contributed by atoms with Gasteiger partial charge in [-0.1, -0.05) is 0 Å². The van der Waals surface area contributed by atoms with Crippen molar-refractivity contribution in [2.24, 2.45) is 5.14 Å². The molecule has 0 saturated heterocycles. The van der Waals surface area contributed by atoms with Crippen LogP contribution in [0.15, 0.2) is 21.8 Å². The fourth-order valence-electron chi connectivity index (χ4n) is 1.12. The Balaban J connectivity index is 2.47. The summed E-state index contributed by atoms with van der Waals surface area (Å²) in [5.74, 6) is 0.266. The molecule has 1 aliphatic carbocycles. The van der Waals surface area contributed by atoms with Gasteiger partial charge in [0.1, 0.15) is 10.4 Å². The van der Waals surface area contributed by atoms with Gasteiger partial charge < -0.3 is 4.74 Å². The summed E-state index contributed by atoms with van der Waals surface area (Å²) >= 11 is 3.04. The van der Waals surface area contributed by atoms with E-state index in [1.807, 2.05) is 0 Å². The topological polar surface area (TPSA) is 82.3 Å². The lowest BCUT2D eigenvalue weighted by Crippen LogP contribution is -2.15. The number of nitrogens with zero attached hydrogens (tertiary/aromatic N) is 1. The maximum Gasteiger partial charge on any atom is 0.244 e. The molecule has 0 aromatic carbocycles. The number of ether oxygens (including phenoxy) is 1. The van der Waals surface area contributed by atoms with Crippen molar-refractivity contribution < 1.29 is 13.2 Å². The van der Waals surface area contributed by atoms with E-state index in [9.17, 15) is 8.42 Å². The van der Waals surface area contributed by atoms with Crippen molar-refractivity contribution in [3.05, 3.63) is 16.9 Å². The molecule has 0 bridgehead atoms. The molecule has 2 rings (SSSR count). The lowest BCUT2D eigenvalue weighted by molar-refractivity contribution is 0.294. The summed E-state index contributed by atoms with van der Waals surface area (Å²) < 4.78 is 28.2. The highest BCUT2D eigenvalue weighted by molar-refractivity contribution is 9.10. The Morgan fingerprint density at radius 3 is 2.73 bits per heavy atom. The van der Waals surface area contributed by atoms with Gasteiger partial charge in [0, 0.05) is 6.20 Å². The van der Waals surface area contributed by atoms with Crippen molar-refractivity contribution >= 4 is 26.0 Å². The molecule has 1 heterocycles. The normalized spacial score (nSPS) is 16.4. The van der Waals surface area contributed by atoms with Gasteiger partial charge in [-0.05, 0) is 34.8 Å². The van der Waals surface area contributed by atoms with Crippen LogP contribution in [0.5, 0.6) is 5.75 Å². The molecule has 1 aliphatic rings. The fourth-order valence-corrected chi connectivity index (χ4v) is 2.80. The summed E-state index contributed by atoms with van der Waals surface area (Å²) in [5, 5.41) is 5.08. The van der Waals surface area contributed by atoms with Crippen molar-refractivity contribution in [1.29, 1.82) is 0 Å².